The highest BCUT2D eigenvalue weighted by atomic mass is 32.1. The van der Waals surface area contributed by atoms with Crippen LogP contribution in [0.15, 0.2) is 30.5 Å². The van der Waals surface area contributed by atoms with E-state index in [2.05, 4.69) is 19.7 Å². The molecule has 0 saturated carbocycles. The van der Waals surface area contributed by atoms with Crippen molar-refractivity contribution >= 4 is 34.0 Å². The number of rotatable bonds is 6. The minimum absolute atomic E-state index is 0.216. The van der Waals surface area contributed by atoms with Gasteiger partial charge in [0, 0.05) is 48.2 Å². The molecule has 26 heavy (non-hydrogen) atoms. The van der Waals surface area contributed by atoms with Crippen LogP contribution in [0.2, 0.25) is 0 Å². The van der Waals surface area contributed by atoms with E-state index < -0.39 is 0 Å². The number of hydrogen-bond acceptors (Lipinski definition) is 7. The van der Waals surface area contributed by atoms with E-state index in [1.807, 2.05) is 37.4 Å². The van der Waals surface area contributed by atoms with Crippen molar-refractivity contribution in [2.24, 2.45) is 0 Å². The number of ether oxygens (including phenoxy) is 1. The maximum atomic E-state index is 12.3. The second-order valence-corrected chi connectivity index (χ2v) is 7.69. The van der Waals surface area contributed by atoms with Crippen molar-refractivity contribution in [3.63, 3.8) is 0 Å². The van der Waals surface area contributed by atoms with Gasteiger partial charge < -0.3 is 9.64 Å². The van der Waals surface area contributed by atoms with Crippen LogP contribution in [0.25, 0.3) is 11.4 Å². The van der Waals surface area contributed by atoms with E-state index in [9.17, 15) is 4.79 Å². The van der Waals surface area contributed by atoms with Crippen LogP contribution in [0.4, 0.5) is 9.93 Å². The van der Waals surface area contributed by atoms with E-state index >= 15 is 0 Å². The molecule has 0 unspecified atom stereocenters. The fraction of sp³-hybridized carbons (Fsp3) is 0.294. The van der Waals surface area contributed by atoms with Gasteiger partial charge in [0.05, 0.1) is 12.1 Å². The lowest BCUT2D eigenvalue weighted by Crippen LogP contribution is -2.32. The highest BCUT2D eigenvalue weighted by molar-refractivity contribution is 7.11. The third-order valence-corrected chi connectivity index (χ3v) is 5.25. The predicted octanol–water partition coefficient (Wildman–Crippen LogP) is 3.69. The zero-order chi connectivity index (χ0) is 18.5. The Balaban J connectivity index is 1.58. The summed E-state index contributed by atoms with van der Waals surface area (Å²) >= 11 is 2.80. The van der Waals surface area contributed by atoms with Crippen molar-refractivity contribution in [2.75, 3.05) is 26.0 Å². The van der Waals surface area contributed by atoms with Crippen LogP contribution < -0.4 is 10.1 Å². The molecule has 0 fully saturated rings. The first-order valence-electron chi connectivity index (χ1n) is 7.96. The van der Waals surface area contributed by atoms with Crippen molar-refractivity contribution in [3.8, 4) is 17.1 Å². The molecule has 0 atom stereocenters. The smallest absolute Gasteiger partial charge is 0.323 e. The number of anilines is 1. The summed E-state index contributed by atoms with van der Waals surface area (Å²) in [4.78, 5) is 23.8. The molecule has 1 N–H and O–H groups in total. The lowest BCUT2D eigenvalue weighted by atomic mass is 10.2. The van der Waals surface area contributed by atoms with Gasteiger partial charge in [0.25, 0.3) is 0 Å². The van der Waals surface area contributed by atoms with Gasteiger partial charge in [0.1, 0.15) is 5.75 Å². The number of hydrogen-bond donors (Lipinski definition) is 1. The lowest BCUT2D eigenvalue weighted by Gasteiger charge is -2.15. The normalized spacial score (nSPS) is 10.6. The summed E-state index contributed by atoms with van der Waals surface area (Å²) in [6, 6.07) is 7.28. The Kier molecular flexibility index (Phi) is 5.79. The third kappa shape index (κ3) is 4.55. The summed E-state index contributed by atoms with van der Waals surface area (Å²) in [7, 11) is 3.36. The van der Waals surface area contributed by atoms with E-state index in [4.69, 9.17) is 4.74 Å². The molecule has 2 aromatic heterocycles. The molecule has 2 heterocycles. The molecular formula is C17H19N5O2S2. The molecule has 0 bridgehead atoms. The Morgan fingerprint density at radius 1 is 1.38 bits per heavy atom. The van der Waals surface area contributed by atoms with Crippen LogP contribution >= 0.6 is 22.9 Å². The molecule has 136 valence electrons. The Hall–Kier alpha value is -2.52. The number of carbonyl (C=O) groups is 1. The number of aryl methyl sites for hydroxylation is 1. The van der Waals surface area contributed by atoms with Crippen LogP contribution in [0.1, 0.15) is 9.88 Å². The fourth-order valence-corrected chi connectivity index (χ4v) is 3.58. The van der Waals surface area contributed by atoms with Gasteiger partial charge in [-0.05, 0) is 19.1 Å². The van der Waals surface area contributed by atoms with Crippen molar-refractivity contribution in [3.05, 3.63) is 40.3 Å². The lowest BCUT2D eigenvalue weighted by molar-refractivity contribution is 0.223. The summed E-state index contributed by atoms with van der Waals surface area (Å²) in [6.45, 7) is 2.60. The SMILES string of the molecule is COc1cccc(-c2nsc(NC(=O)N(C)CCc3ncc(C)s3)n2)c1. The summed E-state index contributed by atoms with van der Waals surface area (Å²) < 4.78 is 9.52. The maximum Gasteiger partial charge on any atom is 0.323 e. The molecule has 0 aliphatic rings. The number of aromatic nitrogens is 3. The molecule has 9 heteroatoms. The summed E-state index contributed by atoms with van der Waals surface area (Å²) in [5.74, 6) is 1.30. The molecule has 0 spiro atoms. The Bertz CT molecular complexity index is 893. The van der Waals surface area contributed by atoms with Gasteiger partial charge in [-0.3, -0.25) is 5.32 Å². The quantitative estimate of drug-likeness (QED) is 0.695. The van der Waals surface area contributed by atoms with Crippen molar-refractivity contribution in [2.45, 2.75) is 13.3 Å². The van der Waals surface area contributed by atoms with Crippen LogP contribution in [-0.4, -0.2) is 46.0 Å². The molecule has 0 saturated heterocycles. The minimum Gasteiger partial charge on any atom is -0.497 e. The number of urea groups is 1. The van der Waals surface area contributed by atoms with Gasteiger partial charge >= 0.3 is 6.03 Å². The second kappa shape index (κ2) is 8.24. The van der Waals surface area contributed by atoms with Gasteiger partial charge in [-0.15, -0.1) is 11.3 Å². The van der Waals surface area contributed by atoms with E-state index in [0.717, 1.165) is 34.3 Å². The van der Waals surface area contributed by atoms with E-state index in [-0.39, 0.29) is 6.03 Å². The summed E-state index contributed by atoms with van der Waals surface area (Å²) in [5.41, 5.74) is 0.841. The summed E-state index contributed by atoms with van der Waals surface area (Å²) in [6.07, 6.45) is 2.58. The Morgan fingerprint density at radius 2 is 2.23 bits per heavy atom. The van der Waals surface area contributed by atoms with E-state index in [0.29, 0.717) is 17.5 Å². The van der Waals surface area contributed by atoms with Gasteiger partial charge in [-0.25, -0.2) is 9.78 Å². The number of thiazole rings is 1. The zero-order valence-corrected chi connectivity index (χ0v) is 16.4. The van der Waals surface area contributed by atoms with Gasteiger partial charge in [0.15, 0.2) is 5.82 Å². The van der Waals surface area contributed by atoms with Crippen molar-refractivity contribution in [1.82, 2.24) is 19.2 Å². The zero-order valence-electron chi connectivity index (χ0n) is 14.7. The van der Waals surface area contributed by atoms with Crippen molar-refractivity contribution in [1.29, 1.82) is 0 Å². The average Bonchev–Trinajstić information content (AvgIpc) is 3.28. The number of likely N-dealkylation sites (N-methyl/N-ethyl adjacent to an activating group) is 1. The average molecular weight is 390 g/mol. The van der Waals surface area contributed by atoms with Crippen LogP contribution in [0.5, 0.6) is 5.75 Å². The number of methoxy groups -OCH3 is 1. The van der Waals surface area contributed by atoms with Crippen LogP contribution in [0.3, 0.4) is 0 Å². The van der Waals surface area contributed by atoms with Gasteiger partial charge in [-0.1, -0.05) is 12.1 Å². The number of nitrogens with one attached hydrogen (secondary N) is 1. The minimum atomic E-state index is -0.216. The highest BCUT2D eigenvalue weighted by Crippen LogP contribution is 2.24. The van der Waals surface area contributed by atoms with Crippen molar-refractivity contribution < 1.29 is 9.53 Å². The molecule has 2 amide bonds. The molecule has 0 aliphatic heterocycles. The summed E-state index contributed by atoms with van der Waals surface area (Å²) in [5, 5.41) is 4.27. The first kappa shape index (κ1) is 18.3. The van der Waals surface area contributed by atoms with Gasteiger partial charge in [-0.2, -0.15) is 9.36 Å². The second-order valence-electron chi connectivity index (χ2n) is 5.62. The molecule has 1 aromatic carbocycles. The van der Waals surface area contributed by atoms with Crippen LogP contribution in [0, 0.1) is 6.92 Å². The number of amides is 2. The molecular weight excluding hydrogens is 370 g/mol. The first-order chi connectivity index (χ1) is 12.5. The Morgan fingerprint density at radius 3 is 2.96 bits per heavy atom. The van der Waals surface area contributed by atoms with Crippen LogP contribution in [-0.2, 0) is 6.42 Å². The van der Waals surface area contributed by atoms with E-state index in [1.165, 1.54) is 4.88 Å². The molecule has 7 nitrogen and oxygen atoms in total. The van der Waals surface area contributed by atoms with Gasteiger partial charge in [0.2, 0.25) is 5.13 Å². The standard InChI is InChI=1S/C17H19N5O2S2/c1-11-10-18-14(25-11)7-8-22(2)17(23)20-16-19-15(21-26-16)12-5-4-6-13(9-12)24-3/h4-6,9-10H,7-8H2,1-3H3,(H,19,20,21,23). The highest BCUT2D eigenvalue weighted by Gasteiger charge is 2.14. The fourth-order valence-electron chi connectivity index (χ4n) is 2.22. The maximum absolute atomic E-state index is 12.3. The monoisotopic (exact) mass is 389 g/mol. The topological polar surface area (TPSA) is 80.2 Å². The molecule has 3 aromatic rings. The number of benzene rings is 1. The number of carbonyl (C=O) groups excluding carboxylic acids is 1. The molecule has 0 aliphatic carbocycles. The van der Waals surface area contributed by atoms with E-state index in [1.54, 1.807) is 30.4 Å². The largest absolute Gasteiger partial charge is 0.497 e. The third-order valence-electron chi connectivity index (χ3n) is 3.64. The predicted molar refractivity (Wildman–Crippen MR) is 104 cm³/mol. The Labute approximate surface area is 159 Å². The first-order valence-corrected chi connectivity index (χ1v) is 9.55. The number of nitrogens with zero attached hydrogens (tertiary/aromatic N) is 4. The molecule has 3 rings (SSSR count). The molecule has 0 radical (unpaired) electrons.